The number of hydrogen-bond donors (Lipinski definition) is 1. The number of hydrogen-bond acceptors (Lipinski definition) is 6. The van der Waals surface area contributed by atoms with Crippen molar-refractivity contribution in [2.75, 3.05) is 31.6 Å². The van der Waals surface area contributed by atoms with Crippen molar-refractivity contribution in [3.05, 3.63) is 48.8 Å². The minimum atomic E-state index is -3.46. The summed E-state index contributed by atoms with van der Waals surface area (Å²) in [6, 6.07) is 10.3. The first kappa shape index (κ1) is 16.4. The van der Waals surface area contributed by atoms with Crippen molar-refractivity contribution >= 4 is 16.0 Å². The number of fused-ring (bicyclic) bond motifs is 1. The molecule has 0 bridgehead atoms. The molecule has 0 amide bonds. The maximum absolute atomic E-state index is 12.8. The van der Waals surface area contributed by atoms with Gasteiger partial charge in [0.15, 0.2) is 0 Å². The van der Waals surface area contributed by atoms with Crippen molar-refractivity contribution in [3.8, 4) is 0 Å². The lowest BCUT2D eigenvalue weighted by Crippen LogP contribution is -2.32. The van der Waals surface area contributed by atoms with Crippen molar-refractivity contribution in [2.24, 2.45) is 11.8 Å². The highest BCUT2D eigenvalue weighted by molar-refractivity contribution is 7.89. The Morgan fingerprint density at radius 2 is 1.88 bits per heavy atom. The highest BCUT2D eigenvalue weighted by atomic mass is 32.2. The summed E-state index contributed by atoms with van der Waals surface area (Å²) in [6.07, 6.45) is 3.34. The number of rotatable bonds is 5. The first-order valence-corrected chi connectivity index (χ1v) is 9.76. The molecular formula is C17H20N4O3S. The van der Waals surface area contributed by atoms with Gasteiger partial charge in [-0.1, -0.05) is 18.2 Å². The lowest BCUT2D eigenvalue weighted by molar-refractivity contribution is 0.104. The first-order chi connectivity index (χ1) is 12.1. The van der Waals surface area contributed by atoms with E-state index in [4.69, 9.17) is 4.74 Å². The van der Waals surface area contributed by atoms with E-state index in [-0.39, 0.29) is 17.9 Å². The minimum absolute atomic E-state index is 0.0398. The summed E-state index contributed by atoms with van der Waals surface area (Å²) in [5.74, 6) is 1.01. The molecule has 7 nitrogen and oxygen atoms in total. The van der Waals surface area contributed by atoms with Gasteiger partial charge in [0, 0.05) is 43.9 Å². The van der Waals surface area contributed by atoms with Crippen molar-refractivity contribution in [3.63, 3.8) is 0 Å². The van der Waals surface area contributed by atoms with Gasteiger partial charge in [0.25, 0.3) is 0 Å². The highest BCUT2D eigenvalue weighted by Crippen LogP contribution is 2.36. The summed E-state index contributed by atoms with van der Waals surface area (Å²) >= 11 is 0. The van der Waals surface area contributed by atoms with Gasteiger partial charge in [-0.2, -0.15) is 4.31 Å². The van der Waals surface area contributed by atoms with E-state index in [1.165, 1.54) is 0 Å². The zero-order valence-electron chi connectivity index (χ0n) is 13.7. The molecule has 3 heterocycles. The van der Waals surface area contributed by atoms with E-state index in [0.717, 1.165) is 0 Å². The standard InChI is InChI=1S/C17H20N4O3S/c22-25(23,14-5-2-1-3-6-14)21-10-15-13(12-24-16(15)11-21)9-20-17-18-7-4-8-19-17/h1-8,13,15-16H,9-12H2,(H,18,19,20)/t13-,15+,16+/m0/s1. The SMILES string of the molecule is O=S(=O)(c1ccccc1)N1C[C@@H]2[C@@H](CNc3ncccn3)CO[C@@H]2C1. The summed E-state index contributed by atoms with van der Waals surface area (Å²) in [4.78, 5) is 8.63. The van der Waals surface area contributed by atoms with E-state index in [0.29, 0.717) is 37.1 Å². The summed E-state index contributed by atoms with van der Waals surface area (Å²) in [6.45, 7) is 2.21. The quantitative estimate of drug-likeness (QED) is 0.863. The second kappa shape index (κ2) is 6.70. The Morgan fingerprint density at radius 3 is 2.64 bits per heavy atom. The minimum Gasteiger partial charge on any atom is -0.376 e. The number of aromatic nitrogens is 2. The van der Waals surface area contributed by atoms with Crippen LogP contribution in [-0.2, 0) is 14.8 Å². The van der Waals surface area contributed by atoms with Crippen molar-refractivity contribution in [1.82, 2.24) is 14.3 Å². The van der Waals surface area contributed by atoms with Crippen LogP contribution >= 0.6 is 0 Å². The maximum Gasteiger partial charge on any atom is 0.243 e. The van der Waals surface area contributed by atoms with Crippen LogP contribution in [0.1, 0.15) is 0 Å². The van der Waals surface area contributed by atoms with Crippen LogP contribution in [-0.4, -0.2) is 55.0 Å². The fourth-order valence-electron chi connectivity index (χ4n) is 3.52. The Labute approximate surface area is 147 Å². The van der Waals surface area contributed by atoms with Gasteiger partial charge in [0.05, 0.1) is 17.6 Å². The molecule has 4 rings (SSSR count). The van der Waals surface area contributed by atoms with E-state index in [1.807, 2.05) is 6.07 Å². The van der Waals surface area contributed by atoms with E-state index >= 15 is 0 Å². The molecule has 2 aliphatic rings. The van der Waals surface area contributed by atoms with E-state index < -0.39 is 10.0 Å². The number of sulfonamides is 1. The molecule has 3 atom stereocenters. The predicted octanol–water partition coefficient (Wildman–Crippen LogP) is 1.22. The molecule has 2 fully saturated rings. The average Bonchev–Trinajstić information content (AvgIpc) is 3.23. The van der Waals surface area contributed by atoms with Crippen LogP contribution in [0.5, 0.6) is 0 Å². The molecule has 8 heteroatoms. The van der Waals surface area contributed by atoms with Gasteiger partial charge < -0.3 is 10.1 Å². The molecule has 1 aromatic heterocycles. The van der Waals surface area contributed by atoms with Crippen LogP contribution in [0.4, 0.5) is 5.95 Å². The molecule has 1 aromatic carbocycles. The van der Waals surface area contributed by atoms with Crippen molar-refractivity contribution in [2.45, 2.75) is 11.0 Å². The molecule has 0 radical (unpaired) electrons. The smallest absolute Gasteiger partial charge is 0.243 e. The van der Waals surface area contributed by atoms with Gasteiger partial charge in [0.1, 0.15) is 0 Å². The zero-order chi connectivity index (χ0) is 17.3. The molecule has 2 aliphatic heterocycles. The maximum atomic E-state index is 12.8. The fraction of sp³-hybridized carbons (Fsp3) is 0.412. The van der Waals surface area contributed by atoms with Crippen LogP contribution in [0.2, 0.25) is 0 Å². The summed E-state index contributed by atoms with van der Waals surface area (Å²) in [5, 5.41) is 3.21. The Morgan fingerprint density at radius 1 is 1.12 bits per heavy atom. The molecule has 0 unspecified atom stereocenters. The van der Waals surface area contributed by atoms with E-state index in [1.54, 1.807) is 47.0 Å². The molecule has 132 valence electrons. The fourth-order valence-corrected chi connectivity index (χ4v) is 5.03. The first-order valence-electron chi connectivity index (χ1n) is 8.32. The number of nitrogens with one attached hydrogen (secondary N) is 1. The Bertz CT molecular complexity index is 816. The second-order valence-corrected chi connectivity index (χ2v) is 8.32. The van der Waals surface area contributed by atoms with E-state index in [9.17, 15) is 8.42 Å². The number of nitrogens with zero attached hydrogens (tertiary/aromatic N) is 3. The zero-order valence-corrected chi connectivity index (χ0v) is 14.5. The van der Waals surface area contributed by atoms with Gasteiger partial charge in [-0.3, -0.25) is 0 Å². The van der Waals surface area contributed by atoms with Crippen molar-refractivity contribution < 1.29 is 13.2 Å². The summed E-state index contributed by atoms with van der Waals surface area (Å²) in [7, 11) is -3.46. The third kappa shape index (κ3) is 3.24. The molecule has 2 aromatic rings. The van der Waals surface area contributed by atoms with Gasteiger partial charge in [-0.05, 0) is 18.2 Å². The molecule has 1 N–H and O–H groups in total. The number of anilines is 1. The lowest BCUT2D eigenvalue weighted by atomic mass is 9.93. The van der Waals surface area contributed by atoms with Gasteiger partial charge in [-0.15, -0.1) is 0 Å². The van der Waals surface area contributed by atoms with Crippen LogP contribution < -0.4 is 5.32 Å². The molecule has 2 saturated heterocycles. The van der Waals surface area contributed by atoms with Crippen LogP contribution in [0.25, 0.3) is 0 Å². The highest BCUT2D eigenvalue weighted by Gasteiger charge is 2.47. The van der Waals surface area contributed by atoms with Gasteiger partial charge >= 0.3 is 0 Å². The summed E-state index contributed by atoms with van der Waals surface area (Å²) < 4.78 is 33.0. The molecule has 25 heavy (non-hydrogen) atoms. The summed E-state index contributed by atoms with van der Waals surface area (Å²) in [5.41, 5.74) is 0. The molecular weight excluding hydrogens is 340 g/mol. The third-order valence-electron chi connectivity index (χ3n) is 4.87. The topological polar surface area (TPSA) is 84.4 Å². The Hall–Kier alpha value is -2.03. The van der Waals surface area contributed by atoms with Crippen LogP contribution in [0.15, 0.2) is 53.7 Å². The number of ether oxygens (including phenoxy) is 1. The largest absolute Gasteiger partial charge is 0.376 e. The predicted molar refractivity (Wildman–Crippen MR) is 92.4 cm³/mol. The normalized spacial score (nSPS) is 26.5. The average molecular weight is 360 g/mol. The number of benzene rings is 1. The van der Waals surface area contributed by atoms with Crippen LogP contribution in [0.3, 0.4) is 0 Å². The molecule has 0 aliphatic carbocycles. The van der Waals surface area contributed by atoms with Crippen molar-refractivity contribution in [1.29, 1.82) is 0 Å². The monoisotopic (exact) mass is 360 g/mol. The van der Waals surface area contributed by atoms with E-state index in [2.05, 4.69) is 15.3 Å². The van der Waals surface area contributed by atoms with Gasteiger partial charge in [-0.25, -0.2) is 18.4 Å². The second-order valence-electron chi connectivity index (χ2n) is 6.38. The van der Waals surface area contributed by atoms with Gasteiger partial charge in [0.2, 0.25) is 16.0 Å². The Kier molecular flexibility index (Phi) is 4.41. The third-order valence-corrected chi connectivity index (χ3v) is 6.72. The lowest BCUT2D eigenvalue weighted by Gasteiger charge is -2.20. The molecule has 0 spiro atoms. The van der Waals surface area contributed by atoms with Crippen LogP contribution in [0, 0.1) is 11.8 Å². The Balaban J connectivity index is 1.43. The molecule has 0 saturated carbocycles.